The van der Waals surface area contributed by atoms with E-state index in [1.807, 2.05) is 48.8 Å². The molecule has 0 spiro atoms. The fourth-order valence-corrected chi connectivity index (χ4v) is 3.45. The van der Waals surface area contributed by atoms with Crippen LogP contribution >= 0.6 is 0 Å². The van der Waals surface area contributed by atoms with Gasteiger partial charge in [0.05, 0.1) is 0 Å². The summed E-state index contributed by atoms with van der Waals surface area (Å²) in [6.45, 7) is 4.54. The Kier molecular flexibility index (Phi) is 7.02. The Balaban J connectivity index is 1.34. The van der Waals surface area contributed by atoms with Gasteiger partial charge in [-0.1, -0.05) is 24.3 Å². The Morgan fingerprint density at radius 3 is 2.42 bits per heavy atom. The molecule has 3 aromatic rings. The van der Waals surface area contributed by atoms with Gasteiger partial charge in [-0.25, -0.2) is 0 Å². The third-order valence-electron chi connectivity index (χ3n) is 5.16. The van der Waals surface area contributed by atoms with Gasteiger partial charge < -0.3 is 19.1 Å². The molecule has 0 fully saturated rings. The molecule has 0 radical (unpaired) electrons. The summed E-state index contributed by atoms with van der Waals surface area (Å²) in [6.07, 6.45) is 3.76. The molecule has 0 aliphatic carbocycles. The minimum absolute atomic E-state index is 0.285. The largest absolute Gasteiger partial charge is 0.489 e. The minimum Gasteiger partial charge on any atom is -0.489 e. The molecule has 1 aliphatic rings. The van der Waals surface area contributed by atoms with Crippen LogP contribution in [-0.4, -0.2) is 48.8 Å². The van der Waals surface area contributed by atoms with E-state index in [9.17, 15) is 0 Å². The molecule has 0 saturated carbocycles. The first-order valence-electron chi connectivity index (χ1n) is 10.5. The van der Waals surface area contributed by atoms with Crippen molar-refractivity contribution in [1.82, 2.24) is 14.8 Å². The number of pyridine rings is 1. The van der Waals surface area contributed by atoms with Crippen molar-refractivity contribution in [2.45, 2.75) is 19.7 Å². The molecule has 31 heavy (non-hydrogen) atoms. The maximum absolute atomic E-state index is 5.96. The molecule has 1 aromatic heterocycles. The first-order chi connectivity index (χ1) is 15.2. The zero-order valence-corrected chi connectivity index (χ0v) is 18.2. The van der Waals surface area contributed by atoms with Gasteiger partial charge in [-0.3, -0.25) is 9.88 Å². The summed E-state index contributed by atoms with van der Waals surface area (Å²) in [6, 6.07) is 18.4. The van der Waals surface area contributed by atoms with Crippen LogP contribution in [0.4, 0.5) is 0 Å². The molecule has 6 nitrogen and oxygen atoms in total. The monoisotopic (exact) mass is 419 g/mol. The molecule has 0 bridgehead atoms. The van der Waals surface area contributed by atoms with E-state index >= 15 is 0 Å². The predicted molar refractivity (Wildman–Crippen MR) is 120 cm³/mol. The molecule has 1 aliphatic heterocycles. The molecule has 6 heteroatoms. The SMILES string of the molecule is CN(C)CCN(Cc1ccc(OCc2ccc3c(c2)OCO3)cc1)Cc1cccnc1. The van der Waals surface area contributed by atoms with E-state index in [4.69, 9.17) is 14.2 Å². The van der Waals surface area contributed by atoms with Gasteiger partial charge in [-0.15, -0.1) is 0 Å². The summed E-state index contributed by atoms with van der Waals surface area (Å²) in [4.78, 5) is 8.90. The lowest BCUT2D eigenvalue weighted by molar-refractivity contribution is 0.174. The molecule has 2 heterocycles. The summed E-state index contributed by atoms with van der Waals surface area (Å²) in [5.74, 6) is 2.43. The van der Waals surface area contributed by atoms with Crippen LogP contribution in [0.1, 0.15) is 16.7 Å². The van der Waals surface area contributed by atoms with Crippen LogP contribution in [-0.2, 0) is 19.7 Å². The Bertz CT molecular complexity index is 962. The Labute approximate surface area is 184 Å². The molecule has 0 amide bonds. The van der Waals surface area contributed by atoms with Gasteiger partial charge in [0.1, 0.15) is 12.4 Å². The fraction of sp³-hybridized carbons (Fsp3) is 0.320. The number of rotatable bonds is 10. The third kappa shape index (κ3) is 6.20. The van der Waals surface area contributed by atoms with E-state index in [0.29, 0.717) is 6.61 Å². The highest BCUT2D eigenvalue weighted by Crippen LogP contribution is 2.32. The fourth-order valence-electron chi connectivity index (χ4n) is 3.45. The summed E-state index contributed by atoms with van der Waals surface area (Å²) in [5, 5.41) is 0. The second-order valence-corrected chi connectivity index (χ2v) is 8.00. The minimum atomic E-state index is 0.285. The maximum atomic E-state index is 5.96. The molecule has 0 saturated heterocycles. The van der Waals surface area contributed by atoms with Crippen molar-refractivity contribution < 1.29 is 14.2 Å². The smallest absolute Gasteiger partial charge is 0.231 e. The first kappa shape index (κ1) is 21.2. The molecular formula is C25H29N3O3. The summed E-state index contributed by atoms with van der Waals surface area (Å²) < 4.78 is 16.7. The van der Waals surface area contributed by atoms with Crippen molar-refractivity contribution in [1.29, 1.82) is 0 Å². The lowest BCUT2D eigenvalue weighted by Crippen LogP contribution is -2.31. The van der Waals surface area contributed by atoms with Crippen molar-refractivity contribution in [3.63, 3.8) is 0 Å². The van der Waals surface area contributed by atoms with E-state index < -0.39 is 0 Å². The predicted octanol–water partition coefficient (Wildman–Crippen LogP) is 3.95. The number of likely N-dealkylation sites (N-methyl/N-ethyl adjacent to an activating group) is 1. The number of hydrogen-bond acceptors (Lipinski definition) is 6. The highest BCUT2D eigenvalue weighted by atomic mass is 16.7. The van der Waals surface area contributed by atoms with Crippen molar-refractivity contribution in [3.05, 3.63) is 83.7 Å². The Morgan fingerprint density at radius 1 is 0.871 bits per heavy atom. The number of nitrogens with zero attached hydrogens (tertiary/aromatic N) is 3. The van der Waals surface area contributed by atoms with E-state index in [2.05, 4.69) is 47.1 Å². The Hall–Kier alpha value is -3.09. The lowest BCUT2D eigenvalue weighted by atomic mass is 10.2. The molecule has 4 rings (SSSR count). The van der Waals surface area contributed by atoms with Crippen LogP contribution in [0, 0.1) is 0 Å². The molecule has 0 atom stereocenters. The molecule has 0 unspecified atom stereocenters. The third-order valence-corrected chi connectivity index (χ3v) is 5.16. The van der Waals surface area contributed by atoms with Crippen LogP contribution in [0.25, 0.3) is 0 Å². The van der Waals surface area contributed by atoms with Crippen molar-refractivity contribution in [2.75, 3.05) is 34.0 Å². The van der Waals surface area contributed by atoms with Crippen molar-refractivity contribution in [2.24, 2.45) is 0 Å². The quantitative estimate of drug-likeness (QED) is 0.496. The van der Waals surface area contributed by atoms with E-state index in [-0.39, 0.29) is 6.79 Å². The number of benzene rings is 2. The second kappa shape index (κ2) is 10.3. The molecule has 2 aromatic carbocycles. The maximum Gasteiger partial charge on any atom is 0.231 e. The van der Waals surface area contributed by atoms with Crippen molar-refractivity contribution in [3.8, 4) is 17.2 Å². The molecule has 0 N–H and O–H groups in total. The number of ether oxygens (including phenoxy) is 3. The standard InChI is InChI=1S/C25H29N3O3/c1-27(2)12-13-28(17-22-4-3-11-26-15-22)16-20-5-8-23(9-6-20)29-18-21-7-10-24-25(14-21)31-19-30-24/h3-11,14-15H,12-13,16-19H2,1-2H3. The average molecular weight is 420 g/mol. The van der Waals surface area contributed by atoms with Gasteiger partial charge in [-0.05, 0) is 61.1 Å². The zero-order chi connectivity index (χ0) is 21.5. The summed E-state index contributed by atoms with van der Waals surface area (Å²) in [5.41, 5.74) is 3.54. The zero-order valence-electron chi connectivity index (χ0n) is 18.2. The van der Waals surface area contributed by atoms with E-state index in [1.54, 1.807) is 0 Å². The molecule has 162 valence electrons. The second-order valence-electron chi connectivity index (χ2n) is 8.00. The summed E-state index contributed by atoms with van der Waals surface area (Å²) >= 11 is 0. The molecular weight excluding hydrogens is 390 g/mol. The number of aromatic nitrogens is 1. The van der Waals surface area contributed by atoms with E-state index in [1.165, 1.54) is 11.1 Å². The van der Waals surface area contributed by atoms with Crippen LogP contribution in [0.15, 0.2) is 67.0 Å². The normalized spacial score (nSPS) is 12.5. The Morgan fingerprint density at radius 2 is 1.65 bits per heavy atom. The van der Waals surface area contributed by atoms with Gasteiger partial charge in [0, 0.05) is 38.6 Å². The topological polar surface area (TPSA) is 47.1 Å². The highest BCUT2D eigenvalue weighted by Gasteiger charge is 2.13. The van der Waals surface area contributed by atoms with Gasteiger partial charge >= 0.3 is 0 Å². The van der Waals surface area contributed by atoms with Crippen LogP contribution in [0.2, 0.25) is 0 Å². The average Bonchev–Trinajstić information content (AvgIpc) is 3.25. The van der Waals surface area contributed by atoms with Gasteiger partial charge in [0.15, 0.2) is 11.5 Å². The van der Waals surface area contributed by atoms with Crippen LogP contribution in [0.3, 0.4) is 0 Å². The van der Waals surface area contributed by atoms with E-state index in [0.717, 1.165) is 49.0 Å². The van der Waals surface area contributed by atoms with Gasteiger partial charge in [-0.2, -0.15) is 0 Å². The number of fused-ring (bicyclic) bond motifs is 1. The van der Waals surface area contributed by atoms with Gasteiger partial charge in [0.2, 0.25) is 6.79 Å². The van der Waals surface area contributed by atoms with Gasteiger partial charge in [0.25, 0.3) is 0 Å². The van der Waals surface area contributed by atoms with Crippen molar-refractivity contribution >= 4 is 0 Å². The lowest BCUT2D eigenvalue weighted by Gasteiger charge is -2.24. The first-order valence-corrected chi connectivity index (χ1v) is 10.5. The number of hydrogen-bond donors (Lipinski definition) is 0. The van der Waals surface area contributed by atoms with Crippen LogP contribution < -0.4 is 14.2 Å². The summed E-state index contributed by atoms with van der Waals surface area (Å²) in [7, 11) is 4.21. The van der Waals surface area contributed by atoms with Crippen LogP contribution in [0.5, 0.6) is 17.2 Å². The highest BCUT2D eigenvalue weighted by molar-refractivity contribution is 5.44.